The molecule has 3 rings (SSSR count). The second-order valence-corrected chi connectivity index (χ2v) is 6.77. The number of carbonyl (C=O) groups is 2. The van der Waals surface area contributed by atoms with Gasteiger partial charge in [-0.2, -0.15) is 0 Å². The normalized spacial score (nSPS) is 22.4. The minimum Gasteiger partial charge on any atom is -0.468 e. The van der Waals surface area contributed by atoms with Gasteiger partial charge in [-0.25, -0.2) is 0 Å². The lowest BCUT2D eigenvalue weighted by Crippen LogP contribution is -2.64. The predicted octanol–water partition coefficient (Wildman–Crippen LogP) is 3.69. The van der Waals surface area contributed by atoms with Gasteiger partial charge in [0.15, 0.2) is 5.41 Å². The summed E-state index contributed by atoms with van der Waals surface area (Å²) in [6, 6.07) is 15.3. The smallest absolute Gasteiger partial charge is 0.327 e. The molecule has 1 aliphatic rings. The van der Waals surface area contributed by atoms with Crippen LogP contribution in [0, 0.1) is 19.3 Å². The van der Waals surface area contributed by atoms with Crippen molar-refractivity contribution < 1.29 is 14.3 Å². The average molecular weight is 349 g/mol. The lowest BCUT2D eigenvalue weighted by atomic mass is 9.67. The maximum atomic E-state index is 12.8. The Kier molecular flexibility index (Phi) is 4.68. The molecule has 0 spiro atoms. The van der Waals surface area contributed by atoms with Crippen LogP contribution in [0.5, 0.6) is 0 Å². The van der Waals surface area contributed by atoms with E-state index in [1.54, 1.807) is 18.0 Å². The Balaban J connectivity index is 2.09. The second kappa shape index (κ2) is 6.79. The number of ether oxygens (including phenoxy) is 1. The van der Waals surface area contributed by atoms with Gasteiger partial charge in [-0.15, -0.1) is 0 Å². The first-order valence-electron chi connectivity index (χ1n) is 8.59. The van der Waals surface area contributed by atoms with E-state index >= 15 is 0 Å². The molecule has 0 unspecified atom stereocenters. The highest BCUT2D eigenvalue weighted by Gasteiger charge is 2.64. The molecule has 2 aromatic carbocycles. The molecule has 1 amide bonds. The van der Waals surface area contributed by atoms with Gasteiger partial charge in [0, 0.05) is 7.05 Å². The van der Waals surface area contributed by atoms with Crippen LogP contribution < -0.4 is 0 Å². The van der Waals surface area contributed by atoms with Gasteiger partial charge in [0.1, 0.15) is 0 Å². The van der Waals surface area contributed by atoms with E-state index in [1.807, 2.05) is 68.5 Å². The first-order valence-corrected chi connectivity index (χ1v) is 8.59. The molecule has 134 valence electrons. The van der Waals surface area contributed by atoms with Gasteiger partial charge in [0.25, 0.3) is 0 Å². The number of carbonyl (C=O) groups excluding carboxylic acids is 2. The van der Waals surface area contributed by atoms with Crippen molar-refractivity contribution in [1.29, 1.82) is 0 Å². The SMILES string of the molecule is COC(=O)[C@]1(/C=C/c2ccccc2)C(=O)N(C)[C@@H]1c1ccc(C)c(C)c1. The van der Waals surface area contributed by atoms with Gasteiger partial charge in [0.05, 0.1) is 13.2 Å². The maximum Gasteiger partial charge on any atom is 0.327 e. The number of likely N-dealkylation sites (tertiary alicyclic amines) is 1. The Morgan fingerprint density at radius 1 is 1.12 bits per heavy atom. The van der Waals surface area contributed by atoms with E-state index in [9.17, 15) is 9.59 Å². The van der Waals surface area contributed by atoms with Crippen LogP contribution in [0.25, 0.3) is 6.08 Å². The minimum absolute atomic E-state index is 0.250. The Morgan fingerprint density at radius 3 is 2.42 bits per heavy atom. The van der Waals surface area contributed by atoms with Crippen LogP contribution in [-0.4, -0.2) is 30.9 Å². The number of hydrogen-bond acceptors (Lipinski definition) is 3. The van der Waals surface area contributed by atoms with E-state index in [2.05, 4.69) is 0 Å². The van der Waals surface area contributed by atoms with Gasteiger partial charge in [-0.3, -0.25) is 9.59 Å². The quantitative estimate of drug-likeness (QED) is 0.480. The molecule has 4 nitrogen and oxygen atoms in total. The molecule has 4 heteroatoms. The molecule has 2 atom stereocenters. The zero-order valence-corrected chi connectivity index (χ0v) is 15.5. The first-order chi connectivity index (χ1) is 12.4. The monoisotopic (exact) mass is 349 g/mol. The maximum absolute atomic E-state index is 12.8. The molecule has 0 radical (unpaired) electrons. The van der Waals surface area contributed by atoms with Crippen molar-refractivity contribution in [3.8, 4) is 0 Å². The largest absolute Gasteiger partial charge is 0.468 e. The number of aryl methyl sites for hydroxylation is 2. The molecule has 1 aliphatic heterocycles. The van der Waals surface area contributed by atoms with Crippen LogP contribution in [0.1, 0.15) is 28.3 Å². The fourth-order valence-electron chi connectivity index (χ4n) is 3.58. The molecule has 0 aliphatic carbocycles. The molecular formula is C22H23NO3. The fraction of sp³-hybridized carbons (Fsp3) is 0.273. The lowest BCUT2D eigenvalue weighted by molar-refractivity contribution is -0.180. The van der Waals surface area contributed by atoms with Gasteiger partial charge in [-0.1, -0.05) is 60.7 Å². The summed E-state index contributed by atoms with van der Waals surface area (Å²) < 4.78 is 5.03. The highest BCUT2D eigenvalue weighted by Crippen LogP contribution is 2.51. The van der Waals surface area contributed by atoms with Gasteiger partial charge in [0.2, 0.25) is 5.91 Å². The van der Waals surface area contributed by atoms with E-state index in [0.29, 0.717) is 0 Å². The molecule has 2 aromatic rings. The third kappa shape index (κ3) is 2.71. The summed E-state index contributed by atoms with van der Waals surface area (Å²) in [5.41, 5.74) is 2.82. The van der Waals surface area contributed by atoms with Gasteiger partial charge < -0.3 is 9.64 Å². The van der Waals surface area contributed by atoms with E-state index in [-0.39, 0.29) is 11.9 Å². The van der Waals surface area contributed by atoms with Crippen molar-refractivity contribution in [1.82, 2.24) is 4.90 Å². The Hall–Kier alpha value is -2.88. The van der Waals surface area contributed by atoms with Crippen LogP contribution in [0.2, 0.25) is 0 Å². The zero-order chi connectivity index (χ0) is 18.9. The molecule has 0 aromatic heterocycles. The number of benzene rings is 2. The highest BCUT2D eigenvalue weighted by atomic mass is 16.5. The predicted molar refractivity (Wildman–Crippen MR) is 101 cm³/mol. The number of amides is 1. The Morgan fingerprint density at radius 2 is 1.81 bits per heavy atom. The second-order valence-electron chi connectivity index (χ2n) is 6.77. The van der Waals surface area contributed by atoms with Crippen LogP contribution in [-0.2, 0) is 14.3 Å². The number of β-lactam (4-membered cyclic amide) rings is 1. The number of esters is 1. The third-order valence-electron chi connectivity index (χ3n) is 5.20. The van der Waals surface area contributed by atoms with Crippen molar-refractivity contribution >= 4 is 18.0 Å². The molecule has 0 saturated carbocycles. The highest BCUT2D eigenvalue weighted by molar-refractivity contribution is 6.11. The molecule has 26 heavy (non-hydrogen) atoms. The third-order valence-corrected chi connectivity index (χ3v) is 5.20. The molecule has 1 saturated heterocycles. The van der Waals surface area contributed by atoms with Crippen LogP contribution in [0.3, 0.4) is 0 Å². The Bertz CT molecular complexity index is 862. The first kappa shape index (κ1) is 17.9. The summed E-state index contributed by atoms with van der Waals surface area (Å²) >= 11 is 0. The van der Waals surface area contributed by atoms with E-state index in [1.165, 1.54) is 12.7 Å². The molecule has 0 N–H and O–H groups in total. The molecule has 1 heterocycles. The topological polar surface area (TPSA) is 46.6 Å². The van der Waals surface area contributed by atoms with E-state index < -0.39 is 11.4 Å². The van der Waals surface area contributed by atoms with Crippen molar-refractivity contribution in [2.75, 3.05) is 14.2 Å². The summed E-state index contributed by atoms with van der Waals surface area (Å²) in [4.78, 5) is 27.1. The zero-order valence-electron chi connectivity index (χ0n) is 15.5. The summed E-state index contributed by atoms with van der Waals surface area (Å²) in [5, 5.41) is 0. The summed E-state index contributed by atoms with van der Waals surface area (Å²) in [5.74, 6) is -0.782. The summed E-state index contributed by atoms with van der Waals surface area (Å²) in [6.07, 6.45) is 3.51. The summed E-state index contributed by atoms with van der Waals surface area (Å²) in [7, 11) is 3.04. The fourth-order valence-corrected chi connectivity index (χ4v) is 3.58. The number of hydrogen-bond donors (Lipinski definition) is 0. The molecule has 0 bridgehead atoms. The van der Waals surface area contributed by atoms with E-state index in [0.717, 1.165) is 16.7 Å². The summed E-state index contributed by atoms with van der Waals surface area (Å²) in [6.45, 7) is 4.07. The van der Waals surface area contributed by atoms with Gasteiger partial charge in [-0.05, 0) is 36.1 Å². The van der Waals surface area contributed by atoms with Crippen molar-refractivity contribution in [3.05, 3.63) is 76.9 Å². The lowest BCUT2D eigenvalue weighted by Gasteiger charge is -2.51. The van der Waals surface area contributed by atoms with Gasteiger partial charge >= 0.3 is 5.97 Å². The number of rotatable bonds is 4. The number of nitrogens with zero attached hydrogens (tertiary/aromatic N) is 1. The van der Waals surface area contributed by atoms with Crippen molar-refractivity contribution in [2.24, 2.45) is 5.41 Å². The van der Waals surface area contributed by atoms with E-state index in [4.69, 9.17) is 4.74 Å². The average Bonchev–Trinajstić information content (AvgIpc) is 2.67. The minimum atomic E-state index is -1.33. The molecule has 1 fully saturated rings. The number of methoxy groups -OCH3 is 1. The van der Waals surface area contributed by atoms with Crippen LogP contribution in [0.15, 0.2) is 54.6 Å². The van der Waals surface area contributed by atoms with Crippen molar-refractivity contribution in [3.63, 3.8) is 0 Å². The standard InChI is InChI=1S/C22H23NO3/c1-15-10-11-18(14-16(15)2)19-22(21(25)26-4,20(24)23(19)3)13-12-17-8-6-5-7-9-17/h5-14,19H,1-4H3/b13-12+/t19-,22+/m1/s1. The Labute approximate surface area is 154 Å². The van der Waals surface area contributed by atoms with Crippen molar-refractivity contribution in [2.45, 2.75) is 19.9 Å². The van der Waals surface area contributed by atoms with Crippen LogP contribution in [0.4, 0.5) is 0 Å². The van der Waals surface area contributed by atoms with Crippen LogP contribution >= 0.6 is 0 Å². The molecular weight excluding hydrogens is 326 g/mol.